The van der Waals surface area contributed by atoms with Gasteiger partial charge in [0, 0.05) is 0 Å². The molecular weight excluding hydrogens is 336 g/mol. The number of nitrogens with zero attached hydrogens (tertiary/aromatic N) is 1. The van der Waals surface area contributed by atoms with Gasteiger partial charge in [0.15, 0.2) is 0 Å². The van der Waals surface area contributed by atoms with Gasteiger partial charge < -0.3 is 19.3 Å². The summed E-state index contributed by atoms with van der Waals surface area (Å²) in [6, 6.07) is -0.533. The molecule has 148 valence electrons. The maximum absolute atomic E-state index is 12.6. The highest BCUT2D eigenvalue weighted by molar-refractivity contribution is 5.92. The number of hydrogen-bond acceptors (Lipinski definition) is 6. The Bertz CT molecular complexity index is 637. The summed E-state index contributed by atoms with van der Waals surface area (Å²) in [5.41, 5.74) is -0.668. The molecule has 1 N–H and O–H groups in total. The summed E-state index contributed by atoms with van der Waals surface area (Å²) in [6.07, 6.45) is 0.193. The third-order valence-corrected chi connectivity index (χ3v) is 3.67. The van der Waals surface area contributed by atoms with Crippen molar-refractivity contribution in [3.63, 3.8) is 0 Å². The topological polar surface area (TPSA) is 90.7 Å². The lowest BCUT2D eigenvalue weighted by Gasteiger charge is -2.26. The van der Waals surface area contributed by atoms with Gasteiger partial charge in [-0.2, -0.15) is 0 Å². The van der Waals surface area contributed by atoms with E-state index in [1.165, 1.54) is 0 Å². The Morgan fingerprint density at radius 2 is 1.65 bits per heavy atom. The van der Waals surface area contributed by atoms with Crippen LogP contribution in [0.1, 0.15) is 89.7 Å². The fraction of sp³-hybridized carbons (Fsp3) is 0.737. The van der Waals surface area contributed by atoms with Crippen LogP contribution in [0.4, 0.5) is 4.79 Å². The predicted molar refractivity (Wildman–Crippen MR) is 98.0 cm³/mol. The molecule has 7 heteroatoms. The van der Waals surface area contributed by atoms with E-state index in [4.69, 9.17) is 14.0 Å². The van der Waals surface area contributed by atoms with Crippen molar-refractivity contribution in [1.29, 1.82) is 0 Å². The monoisotopic (exact) mass is 368 g/mol. The van der Waals surface area contributed by atoms with Crippen molar-refractivity contribution in [1.82, 2.24) is 10.5 Å². The average molecular weight is 368 g/mol. The minimum Gasteiger partial charge on any atom is -0.456 e. The fourth-order valence-corrected chi connectivity index (χ4v) is 2.33. The predicted octanol–water partition coefficient (Wildman–Crippen LogP) is 4.55. The molecule has 0 saturated carbocycles. The smallest absolute Gasteiger partial charge is 0.408 e. The van der Waals surface area contributed by atoms with Crippen molar-refractivity contribution in [3.05, 3.63) is 17.0 Å². The summed E-state index contributed by atoms with van der Waals surface area (Å²) in [5, 5.41) is 6.86. The first kappa shape index (κ1) is 22.0. The second-order valence-electron chi connectivity index (χ2n) is 8.51. The van der Waals surface area contributed by atoms with Crippen LogP contribution >= 0.6 is 0 Å². The number of aryl methyl sites for hydroxylation is 1. The molecular formula is C19H32N2O5. The lowest BCUT2D eigenvalue weighted by Crippen LogP contribution is -2.38. The van der Waals surface area contributed by atoms with E-state index in [9.17, 15) is 9.59 Å². The number of aromatic nitrogens is 1. The molecule has 0 bridgehead atoms. The summed E-state index contributed by atoms with van der Waals surface area (Å²) < 4.78 is 16.1. The lowest BCUT2D eigenvalue weighted by molar-refractivity contribution is 0.00640. The summed E-state index contributed by atoms with van der Waals surface area (Å²) in [4.78, 5) is 24.9. The number of nitrogens with one attached hydrogen (secondary N) is 1. The average Bonchev–Trinajstić information content (AvgIpc) is 2.81. The van der Waals surface area contributed by atoms with Crippen LogP contribution < -0.4 is 5.32 Å². The highest BCUT2D eigenvalue weighted by Crippen LogP contribution is 2.30. The normalized spacial score (nSPS) is 14.5. The minimum absolute atomic E-state index is 0.00760. The number of carbonyl (C=O) groups excluding carboxylic acids is 2. The third kappa shape index (κ3) is 6.35. The Balaban J connectivity index is 3.20. The molecule has 1 rings (SSSR count). The second kappa shape index (κ2) is 8.10. The number of hydrogen-bond donors (Lipinski definition) is 1. The quantitative estimate of drug-likeness (QED) is 0.767. The largest absolute Gasteiger partial charge is 0.456 e. The molecule has 26 heavy (non-hydrogen) atoms. The van der Waals surface area contributed by atoms with Gasteiger partial charge >= 0.3 is 12.1 Å². The Labute approximate surface area is 155 Å². The van der Waals surface area contributed by atoms with Crippen LogP contribution in [0, 0.1) is 12.8 Å². The van der Waals surface area contributed by atoms with E-state index in [1.54, 1.807) is 48.5 Å². The highest BCUT2D eigenvalue weighted by Gasteiger charge is 2.34. The van der Waals surface area contributed by atoms with Crippen LogP contribution in [0.5, 0.6) is 0 Å². The van der Waals surface area contributed by atoms with Crippen molar-refractivity contribution >= 4 is 12.1 Å². The zero-order valence-corrected chi connectivity index (χ0v) is 17.4. The summed E-state index contributed by atoms with van der Waals surface area (Å²) in [5.74, 6) is -0.160. The van der Waals surface area contributed by atoms with E-state index >= 15 is 0 Å². The van der Waals surface area contributed by atoms with E-state index in [1.807, 2.05) is 13.8 Å². The maximum Gasteiger partial charge on any atom is 0.408 e. The van der Waals surface area contributed by atoms with E-state index in [0.717, 1.165) is 6.42 Å². The van der Waals surface area contributed by atoms with Gasteiger partial charge in [-0.15, -0.1) is 0 Å². The van der Waals surface area contributed by atoms with Crippen LogP contribution in [-0.4, -0.2) is 28.4 Å². The van der Waals surface area contributed by atoms with Gasteiger partial charge in [0.05, 0.1) is 6.04 Å². The van der Waals surface area contributed by atoms with Crippen molar-refractivity contribution in [2.45, 2.75) is 86.0 Å². The van der Waals surface area contributed by atoms with Gasteiger partial charge in [-0.1, -0.05) is 25.4 Å². The third-order valence-electron chi connectivity index (χ3n) is 3.67. The van der Waals surface area contributed by atoms with Gasteiger partial charge in [-0.3, -0.25) is 0 Å². The number of carbonyl (C=O) groups is 2. The molecule has 0 fully saturated rings. The molecule has 1 amide bonds. The zero-order chi connectivity index (χ0) is 20.3. The van der Waals surface area contributed by atoms with Crippen LogP contribution in [0.15, 0.2) is 4.52 Å². The van der Waals surface area contributed by atoms with E-state index in [-0.39, 0.29) is 11.5 Å². The number of rotatable bonds is 5. The SMILES string of the molecule is CC[C@H](C)[C@H](NC(=O)OC(C)(C)C)c1noc(C)c1C(=O)OC(C)(C)C. The molecule has 0 aliphatic heterocycles. The lowest BCUT2D eigenvalue weighted by atomic mass is 9.93. The molecule has 0 aliphatic carbocycles. The van der Waals surface area contributed by atoms with Crippen molar-refractivity contribution in [2.24, 2.45) is 5.92 Å². The van der Waals surface area contributed by atoms with Gasteiger partial charge in [0.2, 0.25) is 0 Å². The van der Waals surface area contributed by atoms with Crippen LogP contribution in [0.25, 0.3) is 0 Å². The Morgan fingerprint density at radius 1 is 1.12 bits per heavy atom. The van der Waals surface area contributed by atoms with Gasteiger partial charge in [0.25, 0.3) is 0 Å². The van der Waals surface area contributed by atoms with Crippen molar-refractivity contribution in [2.75, 3.05) is 0 Å². The first-order chi connectivity index (χ1) is 11.7. The molecule has 0 unspecified atom stereocenters. The van der Waals surface area contributed by atoms with E-state index in [0.29, 0.717) is 11.5 Å². The number of ether oxygens (including phenoxy) is 2. The molecule has 7 nitrogen and oxygen atoms in total. The van der Waals surface area contributed by atoms with E-state index < -0.39 is 29.3 Å². The molecule has 0 spiro atoms. The number of esters is 1. The zero-order valence-electron chi connectivity index (χ0n) is 17.4. The number of alkyl carbamates (subject to hydrolysis) is 1. The molecule has 0 saturated heterocycles. The molecule has 0 radical (unpaired) electrons. The van der Waals surface area contributed by atoms with Crippen molar-refractivity contribution < 1.29 is 23.6 Å². The standard InChI is InChI=1S/C19H32N2O5/c1-10-11(2)14(20-17(23)25-19(7,8)9)15-13(12(3)26-21-15)16(22)24-18(4,5)6/h11,14H,10H2,1-9H3,(H,20,23)/t11-,14-/m0/s1. The van der Waals surface area contributed by atoms with Gasteiger partial charge in [-0.25, -0.2) is 9.59 Å². The van der Waals surface area contributed by atoms with Crippen LogP contribution in [-0.2, 0) is 9.47 Å². The fourth-order valence-electron chi connectivity index (χ4n) is 2.33. The maximum atomic E-state index is 12.6. The highest BCUT2D eigenvalue weighted by atomic mass is 16.6. The molecule has 1 aromatic heterocycles. The summed E-state index contributed by atoms with van der Waals surface area (Å²) in [7, 11) is 0. The second-order valence-corrected chi connectivity index (χ2v) is 8.51. The van der Waals surface area contributed by atoms with Gasteiger partial charge in [-0.05, 0) is 54.4 Å². The Kier molecular flexibility index (Phi) is 6.85. The molecule has 1 heterocycles. The van der Waals surface area contributed by atoms with E-state index in [2.05, 4.69) is 10.5 Å². The molecule has 1 aromatic rings. The van der Waals surface area contributed by atoms with Crippen molar-refractivity contribution in [3.8, 4) is 0 Å². The first-order valence-electron chi connectivity index (χ1n) is 8.94. The molecule has 0 aromatic carbocycles. The number of amides is 1. The van der Waals surface area contributed by atoms with Gasteiger partial charge in [0.1, 0.15) is 28.2 Å². The first-order valence-corrected chi connectivity index (χ1v) is 8.94. The van der Waals surface area contributed by atoms with Crippen LogP contribution in [0.2, 0.25) is 0 Å². The Hall–Kier alpha value is -2.05. The summed E-state index contributed by atoms with van der Waals surface area (Å²) >= 11 is 0. The summed E-state index contributed by atoms with van der Waals surface area (Å²) in [6.45, 7) is 16.3. The molecule has 2 atom stereocenters. The minimum atomic E-state index is -0.650. The Morgan fingerprint density at radius 3 is 2.12 bits per heavy atom. The van der Waals surface area contributed by atoms with Crippen LogP contribution in [0.3, 0.4) is 0 Å². The molecule has 0 aliphatic rings.